The highest BCUT2D eigenvalue weighted by molar-refractivity contribution is 7.90. The molecule has 0 aromatic heterocycles. The lowest BCUT2D eigenvalue weighted by Crippen LogP contribution is -2.05. The van der Waals surface area contributed by atoms with Crippen molar-refractivity contribution in [1.29, 1.82) is 0 Å². The fourth-order valence-electron chi connectivity index (χ4n) is 1.25. The number of benzene rings is 1. The minimum absolute atomic E-state index is 0.0833. The van der Waals surface area contributed by atoms with E-state index in [1.165, 1.54) is 13.0 Å². The highest BCUT2D eigenvalue weighted by atomic mass is 35.5. The summed E-state index contributed by atoms with van der Waals surface area (Å²) in [5.41, 5.74) is 0.261. The van der Waals surface area contributed by atoms with Crippen LogP contribution < -0.4 is 0 Å². The molecule has 0 aliphatic carbocycles. The van der Waals surface area contributed by atoms with E-state index in [-0.39, 0.29) is 15.5 Å². The Hall–Kier alpha value is -0.580. The van der Waals surface area contributed by atoms with Gasteiger partial charge in [-0.3, -0.25) is 0 Å². The van der Waals surface area contributed by atoms with Gasteiger partial charge >= 0.3 is 0 Å². The third-order valence-corrected chi connectivity index (χ3v) is 3.31. The van der Waals surface area contributed by atoms with Crippen molar-refractivity contribution in [3.8, 4) is 0 Å². The fraction of sp³-hybridized carbons (Fsp3) is 0.333. The Morgan fingerprint density at radius 2 is 2.00 bits per heavy atom. The van der Waals surface area contributed by atoms with Gasteiger partial charge in [-0.05, 0) is 19.1 Å². The number of aliphatic hydroxyl groups excluding tert-OH is 1. The van der Waals surface area contributed by atoms with Gasteiger partial charge in [0.05, 0.1) is 11.0 Å². The van der Waals surface area contributed by atoms with Crippen molar-refractivity contribution in [2.24, 2.45) is 0 Å². The lowest BCUT2D eigenvalue weighted by molar-refractivity contribution is 0.196. The standard InChI is InChI=1S/C9H11ClO3S/c1-6(11)9-7(10)4-3-5-8(9)14(2,12)13/h3-6,11H,1-2H3. The summed E-state index contributed by atoms with van der Waals surface area (Å²) in [7, 11) is -3.35. The molecule has 0 spiro atoms. The Bertz CT molecular complexity index is 437. The van der Waals surface area contributed by atoms with Gasteiger partial charge in [0.15, 0.2) is 9.84 Å². The van der Waals surface area contributed by atoms with Crippen molar-refractivity contribution < 1.29 is 13.5 Å². The molecule has 0 radical (unpaired) electrons. The Morgan fingerprint density at radius 1 is 1.43 bits per heavy atom. The van der Waals surface area contributed by atoms with Gasteiger partial charge in [0, 0.05) is 16.8 Å². The second-order valence-corrected chi connectivity index (χ2v) is 5.49. The molecular weight excluding hydrogens is 224 g/mol. The summed E-state index contributed by atoms with van der Waals surface area (Å²) >= 11 is 5.81. The van der Waals surface area contributed by atoms with Gasteiger partial charge in [-0.2, -0.15) is 0 Å². The molecule has 14 heavy (non-hydrogen) atoms. The van der Waals surface area contributed by atoms with Crippen LogP contribution in [0.2, 0.25) is 5.02 Å². The first kappa shape index (κ1) is 11.5. The highest BCUT2D eigenvalue weighted by Gasteiger charge is 2.18. The van der Waals surface area contributed by atoms with Crippen molar-refractivity contribution in [2.45, 2.75) is 17.9 Å². The number of aliphatic hydroxyl groups is 1. The predicted molar refractivity (Wildman–Crippen MR) is 55.2 cm³/mol. The van der Waals surface area contributed by atoms with Crippen LogP contribution in [0, 0.1) is 0 Å². The number of halogens is 1. The molecule has 1 atom stereocenters. The summed E-state index contributed by atoms with van der Waals surface area (Å²) in [5.74, 6) is 0. The quantitative estimate of drug-likeness (QED) is 0.849. The van der Waals surface area contributed by atoms with Crippen molar-refractivity contribution in [2.75, 3.05) is 6.26 Å². The molecule has 0 heterocycles. The molecule has 1 aromatic carbocycles. The molecule has 1 N–H and O–H groups in total. The van der Waals surface area contributed by atoms with E-state index in [1.807, 2.05) is 0 Å². The average molecular weight is 235 g/mol. The van der Waals surface area contributed by atoms with Crippen LogP contribution in [0.3, 0.4) is 0 Å². The van der Waals surface area contributed by atoms with Crippen LogP contribution in [0.5, 0.6) is 0 Å². The van der Waals surface area contributed by atoms with Gasteiger partial charge in [0.2, 0.25) is 0 Å². The number of rotatable bonds is 2. The maximum absolute atomic E-state index is 11.3. The summed E-state index contributed by atoms with van der Waals surface area (Å²) in [6.07, 6.45) is 0.193. The number of hydrogen-bond acceptors (Lipinski definition) is 3. The number of hydrogen-bond donors (Lipinski definition) is 1. The molecule has 1 aromatic rings. The van der Waals surface area contributed by atoms with Gasteiger partial charge in [0.1, 0.15) is 0 Å². The Kier molecular flexibility index (Phi) is 3.19. The molecule has 0 aliphatic rings. The van der Waals surface area contributed by atoms with Crippen LogP contribution >= 0.6 is 11.6 Å². The topological polar surface area (TPSA) is 54.4 Å². The molecule has 0 amide bonds. The molecule has 0 bridgehead atoms. The average Bonchev–Trinajstić information content (AvgIpc) is 2.01. The molecule has 78 valence electrons. The summed E-state index contributed by atoms with van der Waals surface area (Å²) in [6, 6.07) is 4.53. The summed E-state index contributed by atoms with van der Waals surface area (Å²) in [6.45, 7) is 1.48. The molecule has 0 saturated carbocycles. The van der Waals surface area contributed by atoms with Gasteiger partial charge in [-0.1, -0.05) is 17.7 Å². The number of sulfone groups is 1. The lowest BCUT2D eigenvalue weighted by Gasteiger charge is -2.11. The monoisotopic (exact) mass is 234 g/mol. The first-order valence-corrected chi connectivity index (χ1v) is 6.27. The first-order valence-electron chi connectivity index (χ1n) is 4.00. The zero-order valence-electron chi connectivity index (χ0n) is 7.86. The maximum Gasteiger partial charge on any atom is 0.175 e. The molecule has 0 aliphatic heterocycles. The second-order valence-electron chi connectivity index (χ2n) is 3.10. The normalized spacial score (nSPS) is 14.0. The molecule has 3 nitrogen and oxygen atoms in total. The van der Waals surface area contributed by atoms with Crippen LogP contribution in [0.1, 0.15) is 18.6 Å². The summed E-state index contributed by atoms with van der Waals surface area (Å²) in [5, 5.41) is 9.67. The van der Waals surface area contributed by atoms with Crippen LogP contribution in [0.25, 0.3) is 0 Å². The molecule has 5 heteroatoms. The largest absolute Gasteiger partial charge is 0.389 e. The summed E-state index contributed by atoms with van der Waals surface area (Å²) < 4.78 is 22.7. The Balaban J connectivity index is 3.52. The van der Waals surface area contributed by atoms with E-state index in [4.69, 9.17) is 11.6 Å². The van der Waals surface area contributed by atoms with Gasteiger partial charge in [-0.25, -0.2) is 8.42 Å². The molecule has 1 unspecified atom stereocenters. The molecule has 0 fully saturated rings. The van der Waals surface area contributed by atoms with Crippen LogP contribution in [-0.2, 0) is 9.84 Å². The van der Waals surface area contributed by atoms with E-state index < -0.39 is 15.9 Å². The van der Waals surface area contributed by atoms with E-state index in [0.29, 0.717) is 0 Å². The minimum atomic E-state index is -3.35. The summed E-state index contributed by atoms with van der Waals surface area (Å²) in [4.78, 5) is 0.0833. The van der Waals surface area contributed by atoms with E-state index in [9.17, 15) is 13.5 Å². The van der Waals surface area contributed by atoms with Crippen molar-refractivity contribution in [1.82, 2.24) is 0 Å². The molecular formula is C9H11ClO3S. The Labute approximate surface area is 88.2 Å². The van der Waals surface area contributed by atoms with E-state index in [2.05, 4.69) is 0 Å². The fourth-order valence-corrected chi connectivity index (χ4v) is 2.64. The Morgan fingerprint density at radius 3 is 2.36 bits per heavy atom. The smallest absolute Gasteiger partial charge is 0.175 e. The van der Waals surface area contributed by atoms with Gasteiger partial charge in [-0.15, -0.1) is 0 Å². The minimum Gasteiger partial charge on any atom is -0.389 e. The van der Waals surface area contributed by atoms with Crippen LogP contribution in [0.4, 0.5) is 0 Å². The third-order valence-electron chi connectivity index (χ3n) is 1.83. The predicted octanol–water partition coefficient (Wildman–Crippen LogP) is 1.80. The van der Waals surface area contributed by atoms with Crippen LogP contribution in [0.15, 0.2) is 23.1 Å². The van der Waals surface area contributed by atoms with Gasteiger partial charge < -0.3 is 5.11 Å². The van der Waals surface area contributed by atoms with E-state index >= 15 is 0 Å². The first-order chi connectivity index (χ1) is 6.34. The zero-order chi connectivity index (χ0) is 10.9. The van der Waals surface area contributed by atoms with Crippen LogP contribution in [-0.4, -0.2) is 19.8 Å². The van der Waals surface area contributed by atoms with E-state index in [1.54, 1.807) is 12.1 Å². The van der Waals surface area contributed by atoms with Crippen molar-refractivity contribution >= 4 is 21.4 Å². The van der Waals surface area contributed by atoms with Crippen molar-refractivity contribution in [3.05, 3.63) is 28.8 Å². The molecule has 0 saturated heterocycles. The second kappa shape index (κ2) is 3.88. The lowest BCUT2D eigenvalue weighted by atomic mass is 10.1. The molecule has 1 rings (SSSR count). The zero-order valence-corrected chi connectivity index (χ0v) is 9.43. The SMILES string of the molecule is CC(O)c1c(Cl)cccc1S(C)(=O)=O. The third kappa shape index (κ3) is 2.26. The van der Waals surface area contributed by atoms with Crippen molar-refractivity contribution in [3.63, 3.8) is 0 Å². The van der Waals surface area contributed by atoms with E-state index in [0.717, 1.165) is 6.26 Å². The highest BCUT2D eigenvalue weighted by Crippen LogP contribution is 2.29. The maximum atomic E-state index is 11.3. The van der Waals surface area contributed by atoms with Gasteiger partial charge in [0.25, 0.3) is 0 Å².